The quantitative estimate of drug-likeness (QED) is 0.813. The Morgan fingerprint density at radius 1 is 1.28 bits per heavy atom. The molecule has 0 spiro atoms. The molecule has 18 heavy (non-hydrogen) atoms. The second-order valence-electron chi connectivity index (χ2n) is 5.19. The summed E-state index contributed by atoms with van der Waals surface area (Å²) in [6.07, 6.45) is 10.3. The Balaban J connectivity index is 1.73. The van der Waals surface area contributed by atoms with Gasteiger partial charge in [0.05, 0.1) is 7.11 Å². The fraction of sp³-hybridized carbons (Fsp3) is 0.667. The summed E-state index contributed by atoms with van der Waals surface area (Å²) in [5.74, 6) is 1.57. The fourth-order valence-electron chi connectivity index (χ4n) is 2.66. The van der Waals surface area contributed by atoms with Crippen molar-refractivity contribution in [3.63, 3.8) is 0 Å². The second kappa shape index (κ2) is 7.37. The van der Waals surface area contributed by atoms with Crippen LogP contribution in [-0.2, 0) is 6.54 Å². The molecule has 0 bridgehead atoms. The van der Waals surface area contributed by atoms with E-state index in [1.54, 1.807) is 7.11 Å². The van der Waals surface area contributed by atoms with Gasteiger partial charge in [0.2, 0.25) is 5.88 Å². The van der Waals surface area contributed by atoms with E-state index >= 15 is 0 Å². The van der Waals surface area contributed by atoms with E-state index in [-0.39, 0.29) is 0 Å². The summed E-state index contributed by atoms with van der Waals surface area (Å²) in [6.45, 7) is 2.06. The first-order valence-electron chi connectivity index (χ1n) is 7.08. The van der Waals surface area contributed by atoms with Crippen LogP contribution in [0.2, 0.25) is 0 Å². The van der Waals surface area contributed by atoms with Crippen LogP contribution in [0.3, 0.4) is 0 Å². The number of pyridine rings is 1. The minimum atomic E-state index is 0.698. The van der Waals surface area contributed by atoms with Gasteiger partial charge in [-0.05, 0) is 36.9 Å². The lowest BCUT2D eigenvalue weighted by Gasteiger charge is -2.14. The number of rotatable bonds is 5. The summed E-state index contributed by atoms with van der Waals surface area (Å²) in [5, 5.41) is 3.57. The molecule has 2 rings (SSSR count). The van der Waals surface area contributed by atoms with Crippen molar-refractivity contribution in [2.75, 3.05) is 13.7 Å². The predicted octanol–water partition coefficient (Wildman–Crippen LogP) is 3.15. The highest BCUT2D eigenvalue weighted by Gasteiger charge is 2.11. The highest BCUT2D eigenvalue weighted by Crippen LogP contribution is 2.22. The van der Waals surface area contributed by atoms with Crippen molar-refractivity contribution in [1.82, 2.24) is 10.3 Å². The Labute approximate surface area is 110 Å². The summed E-state index contributed by atoms with van der Waals surface area (Å²) in [6, 6.07) is 4.04. The molecule has 0 atom stereocenters. The van der Waals surface area contributed by atoms with Crippen LogP contribution in [0.5, 0.6) is 5.88 Å². The van der Waals surface area contributed by atoms with Crippen molar-refractivity contribution in [3.05, 3.63) is 23.9 Å². The van der Waals surface area contributed by atoms with E-state index in [0.717, 1.165) is 19.0 Å². The van der Waals surface area contributed by atoms with Gasteiger partial charge in [-0.1, -0.05) is 25.7 Å². The van der Waals surface area contributed by atoms with Crippen LogP contribution in [0.4, 0.5) is 0 Å². The Kier molecular flexibility index (Phi) is 5.46. The van der Waals surface area contributed by atoms with Crippen molar-refractivity contribution in [3.8, 4) is 5.88 Å². The number of nitrogens with one attached hydrogen (secondary N) is 1. The minimum Gasteiger partial charge on any atom is -0.481 e. The lowest BCUT2D eigenvalue weighted by Crippen LogP contribution is -2.22. The second-order valence-corrected chi connectivity index (χ2v) is 5.19. The lowest BCUT2D eigenvalue weighted by atomic mass is 10.0. The standard InChI is InChI=1S/C15H24N2O/c1-18-15-10-14(8-9-17-15)12-16-11-13-6-4-2-3-5-7-13/h8-10,13,16H,2-7,11-12H2,1H3. The van der Waals surface area contributed by atoms with Crippen molar-refractivity contribution in [2.24, 2.45) is 5.92 Å². The van der Waals surface area contributed by atoms with Crippen LogP contribution < -0.4 is 10.1 Å². The molecule has 100 valence electrons. The molecule has 0 saturated heterocycles. The van der Waals surface area contributed by atoms with E-state index in [2.05, 4.69) is 10.3 Å². The molecule has 0 aliphatic heterocycles. The normalized spacial score (nSPS) is 17.4. The van der Waals surface area contributed by atoms with E-state index in [1.807, 2.05) is 18.3 Å². The van der Waals surface area contributed by atoms with Gasteiger partial charge in [-0.25, -0.2) is 4.98 Å². The molecule has 1 N–H and O–H groups in total. The van der Waals surface area contributed by atoms with E-state index in [9.17, 15) is 0 Å². The molecule has 0 amide bonds. The summed E-state index contributed by atoms with van der Waals surface area (Å²) < 4.78 is 5.13. The van der Waals surface area contributed by atoms with Gasteiger partial charge < -0.3 is 10.1 Å². The summed E-state index contributed by atoms with van der Waals surface area (Å²) in [7, 11) is 1.66. The highest BCUT2D eigenvalue weighted by atomic mass is 16.5. The average molecular weight is 248 g/mol. The maximum Gasteiger partial charge on any atom is 0.213 e. The van der Waals surface area contributed by atoms with Crippen molar-refractivity contribution in [1.29, 1.82) is 0 Å². The Bertz CT molecular complexity index is 346. The smallest absolute Gasteiger partial charge is 0.213 e. The van der Waals surface area contributed by atoms with Crippen molar-refractivity contribution < 1.29 is 4.74 Å². The number of ether oxygens (including phenoxy) is 1. The Morgan fingerprint density at radius 3 is 2.78 bits per heavy atom. The van der Waals surface area contributed by atoms with E-state index < -0.39 is 0 Å². The molecule has 0 aromatic carbocycles. The van der Waals surface area contributed by atoms with E-state index in [1.165, 1.54) is 44.1 Å². The van der Waals surface area contributed by atoms with E-state index in [4.69, 9.17) is 4.74 Å². The molecular weight excluding hydrogens is 224 g/mol. The topological polar surface area (TPSA) is 34.1 Å². The van der Waals surface area contributed by atoms with Gasteiger partial charge in [-0.3, -0.25) is 0 Å². The first kappa shape index (κ1) is 13.3. The maximum absolute atomic E-state index is 5.13. The zero-order chi connectivity index (χ0) is 12.6. The molecule has 1 aromatic heterocycles. The predicted molar refractivity (Wildman–Crippen MR) is 73.7 cm³/mol. The molecule has 1 heterocycles. The number of nitrogens with zero attached hydrogens (tertiary/aromatic N) is 1. The molecule has 1 aromatic rings. The molecule has 0 radical (unpaired) electrons. The summed E-state index contributed by atoms with van der Waals surface area (Å²) in [5.41, 5.74) is 1.25. The first-order chi connectivity index (χ1) is 8.88. The van der Waals surface area contributed by atoms with Crippen LogP contribution in [0.25, 0.3) is 0 Å². The minimum absolute atomic E-state index is 0.698. The van der Waals surface area contributed by atoms with Gasteiger partial charge in [-0.15, -0.1) is 0 Å². The first-order valence-corrected chi connectivity index (χ1v) is 7.08. The number of hydrogen-bond donors (Lipinski definition) is 1. The van der Waals surface area contributed by atoms with Crippen LogP contribution in [-0.4, -0.2) is 18.6 Å². The molecule has 3 nitrogen and oxygen atoms in total. The number of aromatic nitrogens is 1. The number of methoxy groups -OCH3 is 1. The molecule has 1 aliphatic rings. The number of hydrogen-bond acceptors (Lipinski definition) is 3. The van der Waals surface area contributed by atoms with E-state index in [0.29, 0.717) is 5.88 Å². The molecule has 3 heteroatoms. The molecular formula is C15H24N2O. The van der Waals surface area contributed by atoms with Gasteiger partial charge >= 0.3 is 0 Å². The third-order valence-electron chi connectivity index (χ3n) is 3.75. The fourth-order valence-corrected chi connectivity index (χ4v) is 2.66. The van der Waals surface area contributed by atoms with Crippen LogP contribution >= 0.6 is 0 Å². The molecule has 1 fully saturated rings. The zero-order valence-corrected chi connectivity index (χ0v) is 11.3. The molecule has 0 unspecified atom stereocenters. The van der Waals surface area contributed by atoms with Gasteiger partial charge in [0.15, 0.2) is 0 Å². The van der Waals surface area contributed by atoms with Crippen LogP contribution in [0, 0.1) is 5.92 Å². The highest BCUT2D eigenvalue weighted by molar-refractivity contribution is 5.20. The van der Waals surface area contributed by atoms with Gasteiger partial charge in [-0.2, -0.15) is 0 Å². The summed E-state index contributed by atoms with van der Waals surface area (Å²) in [4.78, 5) is 4.12. The van der Waals surface area contributed by atoms with Gasteiger partial charge in [0, 0.05) is 18.8 Å². The Hall–Kier alpha value is -1.09. The largest absolute Gasteiger partial charge is 0.481 e. The monoisotopic (exact) mass is 248 g/mol. The third-order valence-corrected chi connectivity index (χ3v) is 3.75. The third kappa shape index (κ3) is 4.30. The summed E-state index contributed by atoms with van der Waals surface area (Å²) >= 11 is 0. The SMILES string of the molecule is COc1cc(CNCC2CCCCCC2)ccn1. The lowest BCUT2D eigenvalue weighted by molar-refractivity contribution is 0.396. The average Bonchev–Trinajstić information content (AvgIpc) is 2.68. The van der Waals surface area contributed by atoms with Gasteiger partial charge in [0.25, 0.3) is 0 Å². The van der Waals surface area contributed by atoms with Crippen LogP contribution in [0.15, 0.2) is 18.3 Å². The van der Waals surface area contributed by atoms with Crippen molar-refractivity contribution in [2.45, 2.75) is 45.1 Å². The van der Waals surface area contributed by atoms with Gasteiger partial charge in [0.1, 0.15) is 0 Å². The van der Waals surface area contributed by atoms with Crippen LogP contribution in [0.1, 0.15) is 44.1 Å². The molecule has 1 aliphatic carbocycles. The molecule has 1 saturated carbocycles. The Morgan fingerprint density at radius 2 is 2.06 bits per heavy atom. The maximum atomic E-state index is 5.13. The van der Waals surface area contributed by atoms with Crippen molar-refractivity contribution >= 4 is 0 Å². The zero-order valence-electron chi connectivity index (χ0n) is 11.3.